The minimum Gasteiger partial charge on any atom is -0.494 e. The van der Waals surface area contributed by atoms with Gasteiger partial charge in [-0.15, -0.1) is 0 Å². The standard InChI is InChI=1S/C17H17Cl2FN2O2/c1-10(13-5-4-12(18)8-14(13)19)22-17(23)21-9-11-3-6-16(24-2)15(20)7-11/h3-8,10H,9H2,1-2H3,(H2,21,22,23). The number of methoxy groups -OCH3 is 1. The van der Waals surface area contributed by atoms with Crippen LogP contribution in [0.5, 0.6) is 5.75 Å². The van der Waals surface area contributed by atoms with E-state index in [-0.39, 0.29) is 24.4 Å². The van der Waals surface area contributed by atoms with Gasteiger partial charge in [-0.3, -0.25) is 0 Å². The van der Waals surface area contributed by atoms with Crippen LogP contribution in [0.25, 0.3) is 0 Å². The van der Waals surface area contributed by atoms with Gasteiger partial charge in [0.05, 0.1) is 13.2 Å². The Morgan fingerprint density at radius 1 is 1.25 bits per heavy atom. The van der Waals surface area contributed by atoms with Gasteiger partial charge in [-0.2, -0.15) is 0 Å². The number of nitrogens with one attached hydrogen (secondary N) is 2. The first-order chi connectivity index (χ1) is 11.4. The quantitative estimate of drug-likeness (QED) is 0.800. The van der Waals surface area contributed by atoms with Crippen LogP contribution in [0.3, 0.4) is 0 Å². The summed E-state index contributed by atoms with van der Waals surface area (Å²) in [5, 5.41) is 6.45. The Bertz CT molecular complexity index is 741. The van der Waals surface area contributed by atoms with Crippen LogP contribution in [0.4, 0.5) is 9.18 Å². The first-order valence-electron chi connectivity index (χ1n) is 7.22. The fourth-order valence-corrected chi connectivity index (χ4v) is 2.75. The summed E-state index contributed by atoms with van der Waals surface area (Å²) in [5.41, 5.74) is 1.38. The van der Waals surface area contributed by atoms with E-state index in [9.17, 15) is 9.18 Å². The Labute approximate surface area is 149 Å². The van der Waals surface area contributed by atoms with Gasteiger partial charge in [-0.05, 0) is 42.3 Å². The lowest BCUT2D eigenvalue weighted by Gasteiger charge is -2.16. The molecule has 0 heterocycles. The molecule has 0 aliphatic rings. The van der Waals surface area contributed by atoms with Crippen molar-refractivity contribution in [2.45, 2.75) is 19.5 Å². The molecule has 0 spiro atoms. The van der Waals surface area contributed by atoms with Crippen molar-refractivity contribution in [1.82, 2.24) is 10.6 Å². The van der Waals surface area contributed by atoms with Crippen molar-refractivity contribution in [3.8, 4) is 5.75 Å². The summed E-state index contributed by atoms with van der Waals surface area (Å²) in [5.74, 6) is -0.312. The highest BCUT2D eigenvalue weighted by Crippen LogP contribution is 2.26. The lowest BCUT2D eigenvalue weighted by molar-refractivity contribution is 0.237. The predicted octanol–water partition coefficient (Wildman–Crippen LogP) is 4.70. The molecule has 0 aromatic heterocycles. The molecule has 2 amide bonds. The van der Waals surface area contributed by atoms with Gasteiger partial charge >= 0.3 is 6.03 Å². The first-order valence-corrected chi connectivity index (χ1v) is 7.98. The molecule has 0 radical (unpaired) electrons. The second-order valence-electron chi connectivity index (χ2n) is 5.18. The maximum Gasteiger partial charge on any atom is 0.315 e. The Hall–Kier alpha value is -1.98. The number of hydrogen-bond donors (Lipinski definition) is 2. The molecular weight excluding hydrogens is 354 g/mol. The Morgan fingerprint density at radius 2 is 2.00 bits per heavy atom. The summed E-state index contributed by atoms with van der Waals surface area (Å²) in [6, 6.07) is 8.91. The highest BCUT2D eigenvalue weighted by molar-refractivity contribution is 6.35. The van der Waals surface area contributed by atoms with Crippen LogP contribution in [0.1, 0.15) is 24.1 Å². The Kier molecular flexibility index (Phi) is 6.29. The average molecular weight is 371 g/mol. The summed E-state index contributed by atoms with van der Waals surface area (Å²) in [6.07, 6.45) is 0. The zero-order chi connectivity index (χ0) is 17.7. The molecule has 2 aromatic carbocycles. The molecule has 1 unspecified atom stereocenters. The van der Waals surface area contributed by atoms with Gasteiger partial charge in [-0.25, -0.2) is 9.18 Å². The first kappa shape index (κ1) is 18.4. The summed E-state index contributed by atoms with van der Waals surface area (Å²) < 4.78 is 18.5. The molecule has 2 N–H and O–H groups in total. The molecule has 2 rings (SSSR count). The number of hydrogen-bond acceptors (Lipinski definition) is 2. The second-order valence-corrected chi connectivity index (χ2v) is 6.03. The Balaban J connectivity index is 1.92. The van der Waals surface area contributed by atoms with Crippen LogP contribution in [-0.2, 0) is 6.54 Å². The van der Waals surface area contributed by atoms with Crippen molar-refractivity contribution in [3.63, 3.8) is 0 Å². The van der Waals surface area contributed by atoms with Crippen molar-refractivity contribution in [2.24, 2.45) is 0 Å². The van der Waals surface area contributed by atoms with Gasteiger partial charge in [0.15, 0.2) is 11.6 Å². The molecule has 4 nitrogen and oxygen atoms in total. The minimum absolute atomic E-state index is 0.161. The van der Waals surface area contributed by atoms with E-state index in [4.69, 9.17) is 27.9 Å². The van der Waals surface area contributed by atoms with E-state index in [2.05, 4.69) is 10.6 Å². The third-order valence-electron chi connectivity index (χ3n) is 3.45. The van der Waals surface area contributed by atoms with Crippen LogP contribution in [-0.4, -0.2) is 13.1 Å². The number of halogens is 3. The van der Waals surface area contributed by atoms with E-state index in [1.54, 1.807) is 24.3 Å². The van der Waals surface area contributed by atoms with E-state index < -0.39 is 5.82 Å². The van der Waals surface area contributed by atoms with Gasteiger partial charge in [0.1, 0.15) is 0 Å². The lowest BCUT2D eigenvalue weighted by atomic mass is 10.1. The number of urea groups is 1. The van der Waals surface area contributed by atoms with E-state index in [1.807, 2.05) is 6.92 Å². The summed E-state index contributed by atoms with van der Waals surface area (Å²) >= 11 is 12.0. The Morgan fingerprint density at radius 3 is 2.62 bits per heavy atom. The van der Waals surface area contributed by atoms with E-state index in [0.29, 0.717) is 15.6 Å². The zero-order valence-electron chi connectivity index (χ0n) is 13.2. The molecule has 24 heavy (non-hydrogen) atoms. The molecule has 0 aliphatic carbocycles. The van der Waals surface area contributed by atoms with Crippen LogP contribution < -0.4 is 15.4 Å². The highest BCUT2D eigenvalue weighted by atomic mass is 35.5. The van der Waals surface area contributed by atoms with Crippen molar-refractivity contribution in [1.29, 1.82) is 0 Å². The molecule has 0 bridgehead atoms. The third-order valence-corrected chi connectivity index (χ3v) is 4.01. The van der Waals surface area contributed by atoms with Crippen molar-refractivity contribution in [3.05, 3.63) is 63.4 Å². The smallest absolute Gasteiger partial charge is 0.315 e. The zero-order valence-corrected chi connectivity index (χ0v) is 14.7. The molecule has 0 aliphatic heterocycles. The molecule has 0 fully saturated rings. The third kappa shape index (κ3) is 4.76. The number of benzene rings is 2. The molecular formula is C17H17Cl2FN2O2. The highest BCUT2D eigenvalue weighted by Gasteiger charge is 2.13. The fraction of sp³-hybridized carbons (Fsp3) is 0.235. The molecule has 128 valence electrons. The van der Waals surface area contributed by atoms with Crippen LogP contribution in [0, 0.1) is 5.82 Å². The molecule has 2 aromatic rings. The number of ether oxygens (including phenoxy) is 1. The number of rotatable bonds is 5. The van der Waals surface area contributed by atoms with Gasteiger partial charge < -0.3 is 15.4 Å². The van der Waals surface area contributed by atoms with Crippen LogP contribution in [0.2, 0.25) is 10.0 Å². The average Bonchev–Trinajstić information content (AvgIpc) is 2.52. The fourth-order valence-electron chi connectivity index (χ4n) is 2.18. The number of amides is 2. The predicted molar refractivity (Wildman–Crippen MR) is 93.2 cm³/mol. The van der Waals surface area contributed by atoms with Crippen LogP contribution >= 0.6 is 23.2 Å². The monoisotopic (exact) mass is 370 g/mol. The van der Waals surface area contributed by atoms with E-state index in [1.165, 1.54) is 19.2 Å². The van der Waals surface area contributed by atoms with Gasteiger partial charge in [0.25, 0.3) is 0 Å². The van der Waals surface area contributed by atoms with Crippen molar-refractivity contribution >= 4 is 29.2 Å². The summed E-state index contributed by atoms with van der Waals surface area (Å²) in [6.45, 7) is 2.00. The van der Waals surface area contributed by atoms with Crippen LogP contribution in [0.15, 0.2) is 36.4 Å². The lowest BCUT2D eigenvalue weighted by Crippen LogP contribution is -2.36. The minimum atomic E-state index is -0.474. The van der Waals surface area contributed by atoms with E-state index in [0.717, 1.165) is 5.56 Å². The van der Waals surface area contributed by atoms with Crippen molar-refractivity contribution in [2.75, 3.05) is 7.11 Å². The largest absolute Gasteiger partial charge is 0.494 e. The normalized spacial score (nSPS) is 11.7. The number of carbonyl (C=O) groups excluding carboxylic acids is 1. The molecule has 1 atom stereocenters. The molecule has 7 heteroatoms. The van der Waals surface area contributed by atoms with Gasteiger partial charge in [-0.1, -0.05) is 35.3 Å². The van der Waals surface area contributed by atoms with Gasteiger partial charge in [0, 0.05) is 16.6 Å². The topological polar surface area (TPSA) is 50.4 Å². The maximum absolute atomic E-state index is 13.6. The van der Waals surface area contributed by atoms with E-state index >= 15 is 0 Å². The molecule has 0 saturated carbocycles. The summed E-state index contributed by atoms with van der Waals surface area (Å²) in [4.78, 5) is 12.0. The summed E-state index contributed by atoms with van der Waals surface area (Å²) in [7, 11) is 1.40. The maximum atomic E-state index is 13.6. The number of carbonyl (C=O) groups is 1. The SMILES string of the molecule is COc1ccc(CNC(=O)NC(C)c2ccc(Cl)cc2Cl)cc1F. The second kappa shape index (κ2) is 8.22. The molecule has 0 saturated heterocycles. The van der Waals surface area contributed by atoms with Crippen molar-refractivity contribution < 1.29 is 13.9 Å². The van der Waals surface area contributed by atoms with Gasteiger partial charge in [0.2, 0.25) is 0 Å².